The topological polar surface area (TPSA) is 77.8 Å². The van der Waals surface area contributed by atoms with Crippen LogP contribution >= 0.6 is 23.8 Å². The molecule has 1 aliphatic rings. The highest BCUT2D eigenvalue weighted by Gasteiger charge is 2.24. The van der Waals surface area contributed by atoms with Gasteiger partial charge < -0.3 is 19.5 Å². The maximum absolute atomic E-state index is 12.9. The number of nitrogens with one attached hydrogen (secondary N) is 2. The number of aryl methyl sites for hydroxylation is 1. The van der Waals surface area contributed by atoms with E-state index in [0.717, 1.165) is 16.8 Å². The monoisotopic (exact) mass is 482 g/mol. The normalized spacial score (nSPS) is 13.5. The number of nitrogens with zero attached hydrogens (tertiary/aromatic N) is 2. The fraction of sp³-hybridized carbons (Fsp3) is 0.208. The van der Waals surface area contributed by atoms with Gasteiger partial charge in [-0.15, -0.1) is 0 Å². The average molecular weight is 483 g/mol. The predicted octanol–water partition coefficient (Wildman–Crippen LogP) is 4.33. The molecule has 7 nitrogen and oxygen atoms in total. The molecule has 2 heterocycles. The van der Waals surface area contributed by atoms with Crippen molar-refractivity contribution < 1.29 is 14.0 Å². The van der Waals surface area contributed by atoms with E-state index in [1.165, 1.54) is 6.26 Å². The first-order valence-corrected chi connectivity index (χ1v) is 11.3. The molecule has 1 saturated heterocycles. The van der Waals surface area contributed by atoms with E-state index in [-0.39, 0.29) is 16.8 Å². The zero-order valence-corrected chi connectivity index (χ0v) is 19.6. The highest BCUT2D eigenvalue weighted by Crippen LogP contribution is 2.30. The number of piperazine rings is 1. The SMILES string of the molecule is Cc1ccccc1C(=O)N1CCN(c2ccc(NC(=S)NC(=O)c3ccco3)cc2Cl)CC1. The van der Waals surface area contributed by atoms with Gasteiger partial charge in [0.2, 0.25) is 0 Å². The first-order valence-electron chi connectivity index (χ1n) is 10.5. The summed E-state index contributed by atoms with van der Waals surface area (Å²) < 4.78 is 5.05. The van der Waals surface area contributed by atoms with E-state index in [9.17, 15) is 9.59 Å². The minimum absolute atomic E-state index is 0.0588. The molecule has 0 atom stereocenters. The number of hydrogen-bond acceptors (Lipinski definition) is 5. The number of anilines is 2. The second-order valence-corrected chi connectivity index (χ2v) is 8.46. The van der Waals surface area contributed by atoms with Crippen LogP contribution in [0.2, 0.25) is 5.02 Å². The minimum atomic E-state index is -0.432. The highest BCUT2D eigenvalue weighted by molar-refractivity contribution is 7.80. The molecule has 1 aliphatic heterocycles. The summed E-state index contributed by atoms with van der Waals surface area (Å²) in [5.74, 6) is -0.200. The van der Waals surface area contributed by atoms with Crippen LogP contribution in [0.4, 0.5) is 11.4 Å². The third kappa shape index (κ3) is 5.35. The van der Waals surface area contributed by atoms with Crippen molar-refractivity contribution in [3.8, 4) is 0 Å². The predicted molar refractivity (Wildman–Crippen MR) is 133 cm³/mol. The van der Waals surface area contributed by atoms with Crippen LogP contribution < -0.4 is 15.5 Å². The Bertz CT molecular complexity index is 1170. The summed E-state index contributed by atoms with van der Waals surface area (Å²) in [5.41, 5.74) is 3.27. The second-order valence-electron chi connectivity index (χ2n) is 7.65. The van der Waals surface area contributed by atoms with Crippen LogP contribution in [0.25, 0.3) is 0 Å². The summed E-state index contributed by atoms with van der Waals surface area (Å²) in [5, 5.41) is 6.21. The van der Waals surface area contributed by atoms with E-state index in [0.29, 0.717) is 36.9 Å². The molecule has 9 heteroatoms. The van der Waals surface area contributed by atoms with Crippen molar-refractivity contribution in [1.29, 1.82) is 0 Å². The summed E-state index contributed by atoms with van der Waals surface area (Å²) in [4.78, 5) is 28.9. The summed E-state index contributed by atoms with van der Waals surface area (Å²) in [7, 11) is 0. The molecule has 3 aromatic rings. The van der Waals surface area contributed by atoms with Gasteiger partial charge in [0.1, 0.15) is 0 Å². The summed E-state index contributed by atoms with van der Waals surface area (Å²) in [6.45, 7) is 4.55. The Hall–Kier alpha value is -3.36. The van der Waals surface area contributed by atoms with Gasteiger partial charge in [-0.25, -0.2) is 0 Å². The molecular formula is C24H23ClN4O3S. The van der Waals surface area contributed by atoms with E-state index in [1.54, 1.807) is 18.2 Å². The maximum atomic E-state index is 12.9. The van der Waals surface area contributed by atoms with Crippen molar-refractivity contribution >= 4 is 52.1 Å². The van der Waals surface area contributed by atoms with Crippen molar-refractivity contribution in [2.24, 2.45) is 0 Å². The molecule has 0 unspecified atom stereocenters. The lowest BCUT2D eigenvalue weighted by Crippen LogP contribution is -2.49. The number of carbonyl (C=O) groups is 2. The number of carbonyl (C=O) groups excluding carboxylic acids is 2. The van der Waals surface area contributed by atoms with E-state index in [1.807, 2.05) is 48.2 Å². The molecule has 0 aliphatic carbocycles. The van der Waals surface area contributed by atoms with Crippen LogP contribution in [-0.2, 0) is 0 Å². The molecule has 1 fully saturated rings. The van der Waals surface area contributed by atoms with Gasteiger partial charge in [0.25, 0.3) is 11.8 Å². The minimum Gasteiger partial charge on any atom is -0.459 e. The molecule has 2 N–H and O–H groups in total. The average Bonchev–Trinajstić information content (AvgIpc) is 3.34. The number of rotatable bonds is 4. The lowest BCUT2D eigenvalue weighted by atomic mass is 10.1. The number of hydrogen-bond donors (Lipinski definition) is 2. The fourth-order valence-electron chi connectivity index (χ4n) is 3.71. The van der Waals surface area contributed by atoms with Gasteiger partial charge in [0.15, 0.2) is 10.9 Å². The molecule has 2 amide bonds. The Kier molecular flexibility index (Phi) is 6.96. The molecular weight excluding hydrogens is 460 g/mol. The number of benzene rings is 2. The molecule has 0 bridgehead atoms. The highest BCUT2D eigenvalue weighted by atomic mass is 35.5. The number of thiocarbonyl (C=S) groups is 1. The zero-order chi connectivity index (χ0) is 23.4. The molecule has 170 valence electrons. The largest absolute Gasteiger partial charge is 0.459 e. The molecule has 1 aromatic heterocycles. The summed E-state index contributed by atoms with van der Waals surface area (Å²) in [6.07, 6.45) is 1.42. The molecule has 4 rings (SSSR count). The van der Waals surface area contributed by atoms with E-state index in [2.05, 4.69) is 15.5 Å². The standard InChI is InChI=1S/C24H23ClN4O3S/c1-16-5-2-3-6-18(16)23(31)29-12-10-28(11-13-29)20-9-8-17(15-19(20)25)26-24(33)27-22(30)21-7-4-14-32-21/h2-9,14-15H,10-13H2,1H3,(H2,26,27,30,33). The van der Waals surface area contributed by atoms with E-state index >= 15 is 0 Å². The molecule has 0 saturated carbocycles. The first-order chi connectivity index (χ1) is 15.9. The van der Waals surface area contributed by atoms with E-state index < -0.39 is 5.91 Å². The second kappa shape index (κ2) is 10.1. The van der Waals surface area contributed by atoms with Gasteiger partial charge in [0.05, 0.1) is 17.0 Å². The van der Waals surface area contributed by atoms with Crippen LogP contribution in [0.15, 0.2) is 65.3 Å². The zero-order valence-electron chi connectivity index (χ0n) is 18.0. The Labute approximate surface area is 202 Å². The Morgan fingerprint density at radius 2 is 1.79 bits per heavy atom. The van der Waals surface area contributed by atoms with Gasteiger partial charge in [-0.05, 0) is 61.1 Å². The third-order valence-electron chi connectivity index (χ3n) is 5.46. The molecule has 2 aromatic carbocycles. The summed E-state index contributed by atoms with van der Waals surface area (Å²) in [6, 6.07) is 16.3. The Morgan fingerprint density at radius 1 is 1.03 bits per heavy atom. The maximum Gasteiger partial charge on any atom is 0.293 e. The van der Waals surface area contributed by atoms with Crippen molar-refractivity contribution in [3.05, 3.63) is 82.8 Å². The van der Waals surface area contributed by atoms with Gasteiger partial charge in [-0.3, -0.25) is 14.9 Å². The molecule has 0 radical (unpaired) electrons. The van der Waals surface area contributed by atoms with Crippen LogP contribution in [0.1, 0.15) is 26.5 Å². The van der Waals surface area contributed by atoms with E-state index in [4.69, 9.17) is 28.2 Å². The van der Waals surface area contributed by atoms with Crippen molar-refractivity contribution in [1.82, 2.24) is 10.2 Å². The number of halogens is 1. The fourth-order valence-corrected chi connectivity index (χ4v) is 4.22. The van der Waals surface area contributed by atoms with Gasteiger partial charge in [0, 0.05) is 37.4 Å². The van der Waals surface area contributed by atoms with Crippen molar-refractivity contribution in [2.45, 2.75) is 6.92 Å². The van der Waals surface area contributed by atoms with Crippen molar-refractivity contribution in [3.63, 3.8) is 0 Å². The molecule has 0 spiro atoms. The molecule has 33 heavy (non-hydrogen) atoms. The Balaban J connectivity index is 1.34. The lowest BCUT2D eigenvalue weighted by Gasteiger charge is -2.36. The number of furan rings is 1. The van der Waals surface area contributed by atoms with Gasteiger partial charge in [-0.2, -0.15) is 0 Å². The third-order valence-corrected chi connectivity index (χ3v) is 5.97. The van der Waals surface area contributed by atoms with Crippen LogP contribution in [0.3, 0.4) is 0 Å². The van der Waals surface area contributed by atoms with Crippen LogP contribution in [0, 0.1) is 6.92 Å². The van der Waals surface area contributed by atoms with Crippen LogP contribution in [-0.4, -0.2) is 48.0 Å². The van der Waals surface area contributed by atoms with Gasteiger partial charge >= 0.3 is 0 Å². The smallest absolute Gasteiger partial charge is 0.293 e. The summed E-state index contributed by atoms with van der Waals surface area (Å²) >= 11 is 11.7. The van der Waals surface area contributed by atoms with Crippen LogP contribution in [0.5, 0.6) is 0 Å². The quantitative estimate of drug-likeness (QED) is 0.539. The Morgan fingerprint density at radius 3 is 2.45 bits per heavy atom. The number of amides is 2. The first kappa shape index (κ1) is 22.8. The van der Waals surface area contributed by atoms with Gasteiger partial charge in [-0.1, -0.05) is 29.8 Å². The lowest BCUT2D eigenvalue weighted by molar-refractivity contribution is 0.0746. The van der Waals surface area contributed by atoms with Crippen molar-refractivity contribution in [2.75, 3.05) is 36.4 Å².